The van der Waals surface area contributed by atoms with Crippen LogP contribution in [-0.2, 0) is 11.3 Å². The summed E-state index contributed by atoms with van der Waals surface area (Å²) in [4.78, 5) is 12.3. The summed E-state index contributed by atoms with van der Waals surface area (Å²) in [5, 5.41) is 3.10. The molecule has 0 spiro atoms. The number of aryl methyl sites for hydroxylation is 1. The van der Waals surface area contributed by atoms with Gasteiger partial charge < -0.3 is 14.6 Å². The maximum absolute atomic E-state index is 12.3. The molecule has 1 aromatic rings. The molecule has 0 saturated carbocycles. The second kappa shape index (κ2) is 5.05. The summed E-state index contributed by atoms with van der Waals surface area (Å²) in [5.41, 5.74) is 0.413. The van der Waals surface area contributed by atoms with Crippen LogP contribution in [0.25, 0.3) is 0 Å². The van der Waals surface area contributed by atoms with Crippen molar-refractivity contribution in [2.75, 3.05) is 6.61 Å². The van der Waals surface area contributed by atoms with Crippen molar-refractivity contribution in [2.24, 2.45) is 0 Å². The second-order valence-electron chi connectivity index (χ2n) is 4.96. The van der Waals surface area contributed by atoms with Gasteiger partial charge in [0.1, 0.15) is 5.69 Å². The van der Waals surface area contributed by atoms with Gasteiger partial charge in [0.15, 0.2) is 0 Å². The quantitative estimate of drug-likeness (QED) is 0.931. The molecule has 4 nitrogen and oxygen atoms in total. The summed E-state index contributed by atoms with van der Waals surface area (Å²) in [7, 11) is 0. The molecule has 100 valence electrons. The van der Waals surface area contributed by atoms with Crippen LogP contribution in [0.1, 0.15) is 37.7 Å². The number of nitrogens with zero attached hydrogens (tertiary/aromatic N) is 1. The molecule has 1 aliphatic heterocycles. The largest absolute Gasteiger partial charge is 0.376 e. The predicted octanol–water partition coefficient (Wildman–Crippen LogP) is 2.57. The Morgan fingerprint density at radius 3 is 3.00 bits per heavy atom. The van der Waals surface area contributed by atoms with Gasteiger partial charge in [0, 0.05) is 23.8 Å². The van der Waals surface area contributed by atoms with Crippen molar-refractivity contribution < 1.29 is 9.53 Å². The lowest BCUT2D eigenvalue weighted by atomic mass is 9.94. The molecule has 1 aromatic heterocycles. The maximum Gasteiger partial charge on any atom is 0.268 e. The molecular weight excluding hydrogens is 296 g/mol. The molecule has 0 aromatic carbocycles. The fourth-order valence-corrected chi connectivity index (χ4v) is 2.71. The predicted molar refractivity (Wildman–Crippen MR) is 73.7 cm³/mol. The van der Waals surface area contributed by atoms with Gasteiger partial charge in [-0.3, -0.25) is 4.79 Å². The van der Waals surface area contributed by atoms with E-state index in [1.807, 2.05) is 37.6 Å². The zero-order chi connectivity index (χ0) is 13.3. The fraction of sp³-hybridized carbons (Fsp3) is 0.615. The van der Waals surface area contributed by atoms with Gasteiger partial charge in [0.25, 0.3) is 5.91 Å². The average molecular weight is 315 g/mol. The molecule has 1 fully saturated rings. The molecule has 0 radical (unpaired) electrons. The summed E-state index contributed by atoms with van der Waals surface area (Å²) >= 11 is 3.40. The Balaban J connectivity index is 2.16. The van der Waals surface area contributed by atoms with E-state index in [0.717, 1.165) is 17.4 Å². The van der Waals surface area contributed by atoms with Crippen LogP contribution < -0.4 is 5.32 Å². The second-order valence-corrected chi connectivity index (χ2v) is 5.88. The van der Waals surface area contributed by atoms with Crippen LogP contribution in [0.5, 0.6) is 0 Å². The van der Waals surface area contributed by atoms with E-state index in [4.69, 9.17) is 4.74 Å². The Labute approximate surface area is 116 Å². The van der Waals surface area contributed by atoms with Crippen molar-refractivity contribution in [3.63, 3.8) is 0 Å². The van der Waals surface area contributed by atoms with Crippen molar-refractivity contribution >= 4 is 21.8 Å². The first-order chi connectivity index (χ1) is 8.46. The van der Waals surface area contributed by atoms with E-state index in [2.05, 4.69) is 21.2 Å². The van der Waals surface area contributed by atoms with Crippen LogP contribution in [0.3, 0.4) is 0 Å². The van der Waals surface area contributed by atoms with Crippen molar-refractivity contribution in [3.05, 3.63) is 22.4 Å². The lowest BCUT2D eigenvalue weighted by Crippen LogP contribution is -2.51. The van der Waals surface area contributed by atoms with E-state index in [0.29, 0.717) is 12.3 Å². The number of carbonyl (C=O) groups excluding carboxylic acids is 1. The van der Waals surface area contributed by atoms with Gasteiger partial charge in [-0.1, -0.05) is 0 Å². The normalized spacial score (nSPS) is 27.4. The number of hydrogen-bond donors (Lipinski definition) is 1. The third kappa shape index (κ3) is 2.47. The number of hydrogen-bond acceptors (Lipinski definition) is 2. The molecular formula is C13H19BrN2O2. The highest BCUT2D eigenvalue weighted by Gasteiger charge is 2.38. The Hall–Kier alpha value is -0.810. The summed E-state index contributed by atoms with van der Waals surface area (Å²) < 4.78 is 8.40. The van der Waals surface area contributed by atoms with E-state index in [1.54, 1.807) is 0 Å². The van der Waals surface area contributed by atoms with Crippen LogP contribution in [0.15, 0.2) is 16.7 Å². The fourth-order valence-electron chi connectivity index (χ4n) is 2.25. The third-order valence-corrected chi connectivity index (χ3v) is 4.16. The molecule has 0 bridgehead atoms. The standard InChI is InChI=1S/C13H19BrN2O2/c1-4-16-8-10(14)7-11(16)12(17)15-13(3)5-6-18-9(13)2/h7-9H,4-6H2,1-3H3,(H,15,17). The molecule has 2 heterocycles. The van der Waals surface area contributed by atoms with Crippen molar-refractivity contribution in [3.8, 4) is 0 Å². The van der Waals surface area contributed by atoms with Gasteiger partial charge in [-0.25, -0.2) is 0 Å². The number of ether oxygens (including phenoxy) is 1. The number of carbonyl (C=O) groups is 1. The summed E-state index contributed by atoms with van der Waals surface area (Å²) in [6.07, 6.45) is 2.83. The molecule has 5 heteroatoms. The number of aromatic nitrogens is 1. The number of halogens is 1. The lowest BCUT2D eigenvalue weighted by Gasteiger charge is -2.29. The third-order valence-electron chi connectivity index (χ3n) is 3.72. The van der Waals surface area contributed by atoms with Crippen LogP contribution in [0, 0.1) is 0 Å². The zero-order valence-electron chi connectivity index (χ0n) is 11.0. The molecule has 1 saturated heterocycles. The van der Waals surface area contributed by atoms with Crippen LogP contribution in [0.2, 0.25) is 0 Å². The summed E-state index contributed by atoms with van der Waals surface area (Å²) in [6.45, 7) is 7.54. The van der Waals surface area contributed by atoms with Crippen molar-refractivity contribution in [2.45, 2.75) is 45.4 Å². The first-order valence-electron chi connectivity index (χ1n) is 6.26. The van der Waals surface area contributed by atoms with Gasteiger partial charge in [-0.2, -0.15) is 0 Å². The summed E-state index contributed by atoms with van der Waals surface area (Å²) in [5.74, 6) is -0.0394. The monoisotopic (exact) mass is 314 g/mol. The first-order valence-corrected chi connectivity index (χ1v) is 7.05. The van der Waals surface area contributed by atoms with Crippen LogP contribution >= 0.6 is 15.9 Å². The Bertz CT molecular complexity index is 458. The van der Waals surface area contributed by atoms with E-state index in [1.165, 1.54) is 0 Å². The van der Waals surface area contributed by atoms with E-state index in [-0.39, 0.29) is 17.6 Å². The van der Waals surface area contributed by atoms with Gasteiger partial charge in [-0.05, 0) is 49.2 Å². The van der Waals surface area contributed by atoms with Crippen LogP contribution in [0.4, 0.5) is 0 Å². The number of rotatable bonds is 3. The number of nitrogens with one attached hydrogen (secondary N) is 1. The highest BCUT2D eigenvalue weighted by atomic mass is 79.9. The van der Waals surface area contributed by atoms with Crippen molar-refractivity contribution in [1.82, 2.24) is 9.88 Å². The van der Waals surface area contributed by atoms with Gasteiger partial charge in [-0.15, -0.1) is 0 Å². The topological polar surface area (TPSA) is 43.3 Å². The van der Waals surface area contributed by atoms with Gasteiger partial charge >= 0.3 is 0 Å². The summed E-state index contributed by atoms with van der Waals surface area (Å²) in [6, 6.07) is 1.85. The average Bonchev–Trinajstić information content (AvgIpc) is 2.83. The minimum absolute atomic E-state index is 0.0394. The molecule has 0 aliphatic carbocycles. The molecule has 2 unspecified atom stereocenters. The minimum atomic E-state index is -0.271. The molecule has 2 atom stereocenters. The lowest BCUT2D eigenvalue weighted by molar-refractivity contribution is 0.0721. The van der Waals surface area contributed by atoms with E-state index < -0.39 is 0 Å². The van der Waals surface area contributed by atoms with Gasteiger partial charge in [0.2, 0.25) is 0 Å². The molecule has 2 rings (SSSR count). The molecule has 1 N–H and O–H groups in total. The SMILES string of the molecule is CCn1cc(Br)cc1C(=O)NC1(C)CCOC1C. The highest BCUT2D eigenvalue weighted by Crippen LogP contribution is 2.26. The Kier molecular flexibility index (Phi) is 3.82. The van der Waals surface area contributed by atoms with Crippen molar-refractivity contribution in [1.29, 1.82) is 0 Å². The molecule has 1 aliphatic rings. The molecule has 1 amide bonds. The highest BCUT2D eigenvalue weighted by molar-refractivity contribution is 9.10. The van der Waals surface area contributed by atoms with E-state index in [9.17, 15) is 4.79 Å². The van der Waals surface area contributed by atoms with Crippen LogP contribution in [-0.4, -0.2) is 28.7 Å². The zero-order valence-corrected chi connectivity index (χ0v) is 12.6. The van der Waals surface area contributed by atoms with E-state index >= 15 is 0 Å². The van der Waals surface area contributed by atoms with Gasteiger partial charge in [0.05, 0.1) is 11.6 Å². The maximum atomic E-state index is 12.3. The first kappa shape index (κ1) is 13.6. The minimum Gasteiger partial charge on any atom is -0.376 e. The Morgan fingerprint density at radius 2 is 2.44 bits per heavy atom. The molecule has 18 heavy (non-hydrogen) atoms. The number of amides is 1. The Morgan fingerprint density at radius 1 is 1.72 bits per heavy atom. The smallest absolute Gasteiger partial charge is 0.268 e.